The number of nitrogens with one attached hydrogen (secondary N) is 1. The zero-order valence-electron chi connectivity index (χ0n) is 24.2. The third-order valence-electron chi connectivity index (χ3n) is 6.72. The smallest absolute Gasteiger partial charge is 0.416 e. The molecule has 0 unspecified atom stereocenters. The number of likely N-dealkylation sites (N-methyl/N-ethyl adjacent to an activating group) is 2. The van der Waals surface area contributed by atoms with Crippen molar-refractivity contribution in [3.8, 4) is 22.6 Å². The Bertz CT molecular complexity index is 1700. The van der Waals surface area contributed by atoms with Gasteiger partial charge < -0.3 is 29.2 Å². The number of nitrogens with zero attached hydrogens (tertiary/aromatic N) is 5. The van der Waals surface area contributed by atoms with Gasteiger partial charge in [-0.05, 0) is 42.0 Å². The summed E-state index contributed by atoms with van der Waals surface area (Å²) in [6, 6.07) is 6.17. The molecule has 4 aromatic rings. The molecule has 0 aliphatic rings. The largest absolute Gasteiger partial charge is 0.493 e. The van der Waals surface area contributed by atoms with Crippen molar-refractivity contribution in [1.29, 1.82) is 0 Å². The molecule has 0 saturated carbocycles. The van der Waals surface area contributed by atoms with E-state index < -0.39 is 41.6 Å². The van der Waals surface area contributed by atoms with Crippen LogP contribution in [0.3, 0.4) is 0 Å². The van der Waals surface area contributed by atoms with Crippen molar-refractivity contribution in [1.82, 2.24) is 15.2 Å². The Morgan fingerprint density at radius 1 is 1.00 bits per heavy atom. The second-order valence-corrected chi connectivity index (χ2v) is 9.72. The van der Waals surface area contributed by atoms with E-state index in [1.165, 1.54) is 40.6 Å². The average molecular weight is 637 g/mol. The highest BCUT2D eigenvalue weighted by atomic mass is 19.4. The Morgan fingerprint density at radius 2 is 1.73 bits per heavy atom. The van der Waals surface area contributed by atoms with Crippen molar-refractivity contribution in [2.45, 2.75) is 12.8 Å². The number of benzene rings is 3. The molecule has 0 fully saturated rings. The summed E-state index contributed by atoms with van der Waals surface area (Å²) in [5.74, 6) is -3.92. The molecule has 238 valence electrons. The number of H-pyrrole nitrogens is 1. The average Bonchev–Trinajstić information content (AvgIpc) is 3.52. The molecule has 3 aromatic carbocycles. The first kappa shape index (κ1) is 32.6. The third kappa shape index (κ3) is 7.11. The van der Waals surface area contributed by atoms with E-state index in [9.17, 15) is 31.5 Å². The van der Waals surface area contributed by atoms with Gasteiger partial charge in [0.15, 0.2) is 23.1 Å². The number of carbonyl (C=O) groups excluding carboxylic acids is 2. The van der Waals surface area contributed by atoms with Crippen molar-refractivity contribution >= 4 is 29.4 Å². The molecule has 0 saturated heterocycles. The maximum atomic E-state index is 15.4. The molecule has 0 atom stereocenters. The number of hydrogen-bond acceptors (Lipinski definition) is 7. The predicted octanol–water partition coefficient (Wildman–Crippen LogP) is 5.19. The van der Waals surface area contributed by atoms with E-state index in [-0.39, 0.29) is 52.1 Å². The minimum atomic E-state index is -4.90. The van der Waals surface area contributed by atoms with Gasteiger partial charge in [0.2, 0.25) is 12.3 Å². The molecule has 0 radical (unpaired) electrons. The van der Waals surface area contributed by atoms with E-state index in [4.69, 9.17) is 9.47 Å². The van der Waals surface area contributed by atoms with Crippen LogP contribution in [0.25, 0.3) is 11.1 Å². The molecular formula is C29H26F6N6O4. The highest BCUT2D eigenvalue weighted by Crippen LogP contribution is 2.46. The van der Waals surface area contributed by atoms with Gasteiger partial charge in [-0.2, -0.15) is 13.2 Å². The second-order valence-electron chi connectivity index (χ2n) is 9.72. The van der Waals surface area contributed by atoms with Crippen molar-refractivity contribution in [2.24, 2.45) is 0 Å². The Kier molecular flexibility index (Phi) is 9.54. The Hall–Kier alpha value is -5.28. The van der Waals surface area contributed by atoms with Gasteiger partial charge in [0, 0.05) is 32.8 Å². The van der Waals surface area contributed by atoms with Crippen LogP contribution in [0.2, 0.25) is 0 Å². The number of halogens is 6. The zero-order valence-corrected chi connectivity index (χ0v) is 24.2. The zero-order chi connectivity index (χ0) is 33.1. The number of anilines is 3. The lowest BCUT2D eigenvalue weighted by Gasteiger charge is -2.30. The Labute approximate surface area is 252 Å². The fourth-order valence-electron chi connectivity index (χ4n) is 4.46. The summed E-state index contributed by atoms with van der Waals surface area (Å²) in [5, 5.41) is 7.33. The highest BCUT2D eigenvalue weighted by Gasteiger charge is 2.34. The van der Waals surface area contributed by atoms with E-state index in [1.54, 1.807) is 0 Å². The van der Waals surface area contributed by atoms with Gasteiger partial charge >= 0.3 is 6.18 Å². The lowest BCUT2D eigenvalue weighted by molar-refractivity contribution is -0.137. The quantitative estimate of drug-likeness (QED) is 0.179. The summed E-state index contributed by atoms with van der Waals surface area (Å²) >= 11 is 0. The number of carbonyl (C=O) groups is 2. The molecule has 1 aromatic heterocycles. The number of rotatable bonds is 11. The summed E-state index contributed by atoms with van der Waals surface area (Å²) in [7, 11) is 4.97. The molecule has 0 spiro atoms. The van der Waals surface area contributed by atoms with Gasteiger partial charge in [-0.3, -0.25) is 9.59 Å². The van der Waals surface area contributed by atoms with Crippen LogP contribution in [-0.2, 0) is 22.4 Å². The first-order chi connectivity index (χ1) is 21.2. The van der Waals surface area contributed by atoms with Crippen LogP contribution in [0, 0.1) is 17.5 Å². The minimum Gasteiger partial charge on any atom is -0.493 e. The van der Waals surface area contributed by atoms with Crippen LogP contribution in [0.1, 0.15) is 11.4 Å². The van der Waals surface area contributed by atoms with Crippen LogP contribution in [0.4, 0.5) is 43.4 Å². The molecule has 1 heterocycles. The standard InChI is InChI=1S/C29H26F6N6O4/c1-39(12-26(43)41(3)22-6-5-18(30)11-20(22)31)23-10-17(29(33,34)35)9-19(27(23)40(2)15-42)16-7-21(32)28(24(8-16)44-4)45-13-25-36-14-37-38-25/h5-11,14-15H,12-13H2,1-4H3,(H,36,37,38). The number of hydrogen-bond donors (Lipinski definition) is 1. The molecule has 45 heavy (non-hydrogen) atoms. The van der Waals surface area contributed by atoms with Crippen molar-refractivity contribution in [2.75, 3.05) is 49.5 Å². The van der Waals surface area contributed by atoms with Gasteiger partial charge in [-0.25, -0.2) is 13.2 Å². The minimum absolute atomic E-state index is 0.110. The topological polar surface area (TPSA) is 104 Å². The van der Waals surface area contributed by atoms with E-state index in [0.29, 0.717) is 12.5 Å². The SMILES string of the molecule is COc1cc(-c2cc(C(F)(F)F)cc(N(C)CC(=O)N(C)c3ccc(F)cc3F)c2N(C)C=O)cc(F)c1OCc1nnc[nH]1. The molecule has 0 bridgehead atoms. The summed E-state index contributed by atoms with van der Waals surface area (Å²) in [4.78, 5) is 30.7. The molecule has 0 aliphatic heterocycles. The Morgan fingerprint density at radius 3 is 2.33 bits per heavy atom. The van der Waals surface area contributed by atoms with E-state index in [1.807, 2.05) is 0 Å². The van der Waals surface area contributed by atoms with Crippen LogP contribution in [0.5, 0.6) is 11.5 Å². The number of amides is 2. The maximum Gasteiger partial charge on any atom is 0.416 e. The van der Waals surface area contributed by atoms with Gasteiger partial charge in [0.25, 0.3) is 0 Å². The fourth-order valence-corrected chi connectivity index (χ4v) is 4.46. The summed E-state index contributed by atoms with van der Waals surface area (Å²) < 4.78 is 96.4. The van der Waals surface area contributed by atoms with Crippen molar-refractivity contribution in [3.63, 3.8) is 0 Å². The normalized spacial score (nSPS) is 11.2. The van der Waals surface area contributed by atoms with Crippen molar-refractivity contribution < 1.29 is 45.4 Å². The highest BCUT2D eigenvalue weighted by molar-refractivity contribution is 5.99. The first-order valence-electron chi connectivity index (χ1n) is 13.0. The molecule has 2 amide bonds. The molecule has 10 nitrogen and oxygen atoms in total. The second kappa shape index (κ2) is 13.2. The number of aromatic amines is 1. The number of aromatic nitrogens is 3. The monoisotopic (exact) mass is 636 g/mol. The number of methoxy groups -OCH3 is 1. The van der Waals surface area contributed by atoms with Crippen LogP contribution in [0.15, 0.2) is 48.8 Å². The Balaban J connectivity index is 1.81. The van der Waals surface area contributed by atoms with E-state index in [0.717, 1.165) is 45.0 Å². The lowest BCUT2D eigenvalue weighted by atomic mass is 9.97. The summed E-state index contributed by atoms with van der Waals surface area (Å²) in [6.07, 6.45) is -3.29. The van der Waals surface area contributed by atoms with E-state index in [2.05, 4.69) is 15.2 Å². The molecule has 1 N–H and O–H groups in total. The third-order valence-corrected chi connectivity index (χ3v) is 6.72. The first-order valence-corrected chi connectivity index (χ1v) is 13.0. The van der Waals surface area contributed by atoms with Crippen LogP contribution < -0.4 is 24.2 Å². The van der Waals surface area contributed by atoms with Crippen LogP contribution >= 0.6 is 0 Å². The summed E-state index contributed by atoms with van der Waals surface area (Å²) in [6.45, 7) is -0.825. The van der Waals surface area contributed by atoms with E-state index >= 15 is 4.39 Å². The van der Waals surface area contributed by atoms with Gasteiger partial charge in [-0.15, -0.1) is 10.2 Å². The molecule has 4 rings (SSSR count). The number of ether oxygens (including phenoxy) is 2. The van der Waals surface area contributed by atoms with Crippen LogP contribution in [-0.4, -0.2) is 62.3 Å². The maximum absolute atomic E-state index is 15.4. The number of alkyl halides is 3. The van der Waals surface area contributed by atoms with Gasteiger partial charge in [0.1, 0.15) is 24.6 Å². The summed E-state index contributed by atoms with van der Waals surface area (Å²) in [5.41, 5.74) is -2.12. The van der Waals surface area contributed by atoms with Gasteiger partial charge in [0.05, 0.1) is 36.3 Å². The lowest BCUT2D eigenvalue weighted by Crippen LogP contribution is -2.37. The predicted molar refractivity (Wildman–Crippen MR) is 152 cm³/mol. The molecular weight excluding hydrogens is 610 g/mol. The fraction of sp³-hybridized carbons (Fsp3) is 0.241. The molecule has 0 aliphatic carbocycles. The van der Waals surface area contributed by atoms with Gasteiger partial charge in [-0.1, -0.05) is 0 Å². The molecule has 16 heteroatoms. The van der Waals surface area contributed by atoms with Crippen molar-refractivity contribution in [3.05, 3.63) is 77.6 Å².